The molecule has 2 atom stereocenters. The van der Waals surface area contributed by atoms with Gasteiger partial charge in [0.25, 0.3) is 0 Å². The molecule has 0 aromatic heterocycles. The number of rotatable bonds is 7. The fraction of sp³-hybridized carbons (Fsp3) is 1.00. The largest absolute Gasteiger partial charge is 0.500 e. The minimum absolute atomic E-state index is 0.413. The molecule has 1 aliphatic rings. The van der Waals surface area contributed by atoms with E-state index in [2.05, 4.69) is 6.92 Å². The van der Waals surface area contributed by atoms with Crippen molar-refractivity contribution >= 4 is 8.80 Å². The molecule has 0 heterocycles. The van der Waals surface area contributed by atoms with Crippen molar-refractivity contribution in [3.8, 4) is 0 Å². The van der Waals surface area contributed by atoms with Gasteiger partial charge in [0.1, 0.15) is 0 Å². The van der Waals surface area contributed by atoms with Crippen LogP contribution in [0.4, 0.5) is 0 Å². The van der Waals surface area contributed by atoms with Crippen molar-refractivity contribution in [2.75, 3.05) is 27.9 Å². The molecule has 1 rings (SSSR count). The lowest BCUT2D eigenvalue weighted by Crippen LogP contribution is -2.45. The van der Waals surface area contributed by atoms with Gasteiger partial charge >= 0.3 is 8.80 Å². The SMILES string of the molecule is CCOC1CCCC(C[Si](OC)(OC)OC)C1. The van der Waals surface area contributed by atoms with Crippen LogP contribution in [0, 0.1) is 5.92 Å². The van der Waals surface area contributed by atoms with Crippen molar-refractivity contribution in [1.82, 2.24) is 0 Å². The van der Waals surface area contributed by atoms with Crippen molar-refractivity contribution in [2.24, 2.45) is 5.92 Å². The smallest absolute Gasteiger partial charge is 0.378 e. The molecule has 5 heteroatoms. The maximum absolute atomic E-state index is 5.72. The molecular formula is C12H26O4Si. The minimum atomic E-state index is -2.41. The molecule has 0 radical (unpaired) electrons. The molecule has 4 nitrogen and oxygen atoms in total. The van der Waals surface area contributed by atoms with Gasteiger partial charge in [-0.25, -0.2) is 0 Å². The van der Waals surface area contributed by atoms with E-state index in [1.807, 2.05) is 0 Å². The van der Waals surface area contributed by atoms with Gasteiger partial charge in [-0.3, -0.25) is 0 Å². The van der Waals surface area contributed by atoms with Crippen molar-refractivity contribution in [3.63, 3.8) is 0 Å². The molecular weight excluding hydrogens is 236 g/mol. The van der Waals surface area contributed by atoms with E-state index in [-0.39, 0.29) is 0 Å². The van der Waals surface area contributed by atoms with E-state index in [1.165, 1.54) is 19.3 Å². The summed E-state index contributed by atoms with van der Waals surface area (Å²) in [4.78, 5) is 0. The van der Waals surface area contributed by atoms with Gasteiger partial charge in [-0.2, -0.15) is 0 Å². The Morgan fingerprint density at radius 2 is 1.71 bits per heavy atom. The van der Waals surface area contributed by atoms with Gasteiger partial charge in [0.2, 0.25) is 0 Å². The Bertz CT molecular complexity index is 198. The van der Waals surface area contributed by atoms with Gasteiger partial charge in [0.05, 0.1) is 6.10 Å². The van der Waals surface area contributed by atoms with E-state index in [1.54, 1.807) is 21.3 Å². The standard InChI is InChI=1S/C12H26O4Si/c1-5-16-12-8-6-7-11(9-12)10-17(13-2,14-3)15-4/h11-12H,5-10H2,1-4H3. The third-order valence-corrected chi connectivity index (χ3v) is 6.55. The summed E-state index contributed by atoms with van der Waals surface area (Å²) < 4.78 is 22.2. The molecule has 0 aromatic rings. The lowest BCUT2D eigenvalue weighted by atomic mass is 9.88. The fourth-order valence-corrected chi connectivity index (χ4v) is 4.75. The summed E-state index contributed by atoms with van der Waals surface area (Å²) in [6.07, 6.45) is 5.17. The molecule has 17 heavy (non-hydrogen) atoms. The molecule has 0 bridgehead atoms. The van der Waals surface area contributed by atoms with E-state index >= 15 is 0 Å². The summed E-state index contributed by atoms with van der Waals surface area (Å²) in [5.74, 6) is 0.604. The van der Waals surface area contributed by atoms with Gasteiger partial charge in [-0.15, -0.1) is 0 Å². The molecule has 0 N–H and O–H groups in total. The third kappa shape index (κ3) is 4.33. The quantitative estimate of drug-likeness (QED) is 0.660. The second kappa shape index (κ2) is 7.48. The summed E-state index contributed by atoms with van der Waals surface area (Å²) in [5.41, 5.74) is 0. The third-order valence-electron chi connectivity index (χ3n) is 3.61. The Hall–Kier alpha value is 0.0569. The summed E-state index contributed by atoms with van der Waals surface area (Å²) in [6.45, 7) is 2.86. The zero-order valence-electron chi connectivity index (χ0n) is 11.5. The Morgan fingerprint density at radius 3 is 2.24 bits per heavy atom. The van der Waals surface area contributed by atoms with Crippen LogP contribution in [-0.4, -0.2) is 42.8 Å². The molecule has 1 saturated carbocycles. The summed E-state index contributed by atoms with van der Waals surface area (Å²) in [5, 5.41) is 0. The Kier molecular flexibility index (Phi) is 6.65. The predicted molar refractivity (Wildman–Crippen MR) is 69.0 cm³/mol. The van der Waals surface area contributed by atoms with E-state index in [0.717, 1.165) is 19.1 Å². The van der Waals surface area contributed by atoms with Crippen LogP contribution in [0.1, 0.15) is 32.6 Å². The monoisotopic (exact) mass is 262 g/mol. The van der Waals surface area contributed by atoms with Gasteiger partial charge in [-0.1, -0.05) is 12.8 Å². The zero-order valence-corrected chi connectivity index (χ0v) is 12.5. The minimum Gasteiger partial charge on any atom is -0.378 e. The van der Waals surface area contributed by atoms with Crippen LogP contribution in [0.5, 0.6) is 0 Å². The van der Waals surface area contributed by atoms with Crippen molar-refractivity contribution in [1.29, 1.82) is 0 Å². The summed E-state index contributed by atoms with van der Waals surface area (Å²) >= 11 is 0. The van der Waals surface area contributed by atoms with E-state index in [9.17, 15) is 0 Å². The van der Waals surface area contributed by atoms with Crippen LogP contribution in [0.2, 0.25) is 6.04 Å². The lowest BCUT2D eigenvalue weighted by Gasteiger charge is -2.33. The Balaban J connectivity index is 2.49. The molecule has 0 aromatic carbocycles. The van der Waals surface area contributed by atoms with E-state index < -0.39 is 8.80 Å². The van der Waals surface area contributed by atoms with Gasteiger partial charge in [0.15, 0.2) is 0 Å². The molecule has 2 unspecified atom stereocenters. The van der Waals surface area contributed by atoms with Crippen LogP contribution in [0.15, 0.2) is 0 Å². The highest BCUT2D eigenvalue weighted by Gasteiger charge is 2.41. The molecule has 0 aliphatic heterocycles. The zero-order chi connectivity index (χ0) is 12.7. The second-order valence-corrected chi connectivity index (χ2v) is 7.61. The number of hydrogen-bond acceptors (Lipinski definition) is 4. The number of ether oxygens (including phenoxy) is 1. The molecule has 0 saturated heterocycles. The lowest BCUT2D eigenvalue weighted by molar-refractivity contribution is 0.0190. The Morgan fingerprint density at radius 1 is 1.06 bits per heavy atom. The number of hydrogen-bond donors (Lipinski definition) is 0. The fourth-order valence-electron chi connectivity index (χ4n) is 2.67. The Labute approximate surface area is 106 Å². The first-order chi connectivity index (χ1) is 8.19. The van der Waals surface area contributed by atoms with Crippen molar-refractivity contribution in [2.45, 2.75) is 44.8 Å². The highest BCUT2D eigenvalue weighted by atomic mass is 28.4. The average Bonchev–Trinajstić information content (AvgIpc) is 2.37. The van der Waals surface area contributed by atoms with Crippen molar-refractivity contribution in [3.05, 3.63) is 0 Å². The first-order valence-corrected chi connectivity index (χ1v) is 8.40. The highest BCUT2D eigenvalue weighted by Crippen LogP contribution is 2.33. The van der Waals surface area contributed by atoms with Crippen LogP contribution in [-0.2, 0) is 18.0 Å². The summed E-state index contributed by atoms with van der Waals surface area (Å²) in [7, 11) is 2.63. The van der Waals surface area contributed by atoms with E-state index in [0.29, 0.717) is 12.0 Å². The molecule has 0 spiro atoms. The summed E-state index contributed by atoms with van der Waals surface area (Å²) in [6, 6.07) is 0.903. The van der Waals surface area contributed by atoms with Crippen LogP contribution in [0.25, 0.3) is 0 Å². The van der Waals surface area contributed by atoms with Gasteiger partial charge in [-0.05, 0) is 25.7 Å². The molecule has 0 amide bonds. The van der Waals surface area contributed by atoms with Crippen LogP contribution >= 0.6 is 0 Å². The maximum Gasteiger partial charge on any atom is 0.500 e. The van der Waals surface area contributed by atoms with E-state index in [4.69, 9.17) is 18.0 Å². The molecule has 1 fully saturated rings. The first kappa shape index (κ1) is 15.1. The van der Waals surface area contributed by atoms with Crippen LogP contribution in [0.3, 0.4) is 0 Å². The second-order valence-electron chi connectivity index (χ2n) is 4.61. The molecule has 102 valence electrons. The molecule has 1 aliphatic carbocycles. The maximum atomic E-state index is 5.72. The van der Waals surface area contributed by atoms with Crippen LogP contribution < -0.4 is 0 Å². The average molecular weight is 262 g/mol. The normalized spacial score (nSPS) is 26.1. The van der Waals surface area contributed by atoms with Gasteiger partial charge in [0, 0.05) is 34.0 Å². The highest BCUT2D eigenvalue weighted by molar-refractivity contribution is 6.60. The van der Waals surface area contributed by atoms with Gasteiger partial charge < -0.3 is 18.0 Å². The van der Waals surface area contributed by atoms with Crippen molar-refractivity contribution < 1.29 is 18.0 Å². The predicted octanol–water partition coefficient (Wildman–Crippen LogP) is 2.46. The first-order valence-electron chi connectivity index (χ1n) is 6.46. The topological polar surface area (TPSA) is 36.9 Å².